The van der Waals surface area contributed by atoms with Crippen molar-refractivity contribution >= 4 is 29.4 Å². The number of benzene rings is 1. The zero-order valence-corrected chi connectivity index (χ0v) is 13.2. The number of amides is 3. The topological polar surface area (TPSA) is 129 Å². The highest BCUT2D eigenvalue weighted by atomic mass is 16.2. The summed E-state index contributed by atoms with van der Waals surface area (Å²) in [7, 11) is 0. The highest BCUT2D eigenvalue weighted by Gasteiger charge is 2.30. The number of nitrogens with one attached hydrogen (secondary N) is 4. The highest BCUT2D eigenvalue weighted by Crippen LogP contribution is 2.38. The maximum absolute atomic E-state index is 12.3. The number of hydrogen-bond acceptors (Lipinski definition) is 5. The summed E-state index contributed by atoms with van der Waals surface area (Å²) in [5, 5.41) is 14.5. The lowest BCUT2D eigenvalue weighted by Gasteiger charge is -2.13. The Labute approximate surface area is 142 Å². The average molecular weight is 340 g/mol. The number of carbonyl (C=O) groups excluding carboxylic acids is 3. The van der Waals surface area contributed by atoms with Gasteiger partial charge in [0, 0.05) is 5.92 Å². The Morgan fingerprint density at radius 2 is 2.04 bits per heavy atom. The third-order valence-corrected chi connectivity index (χ3v) is 4.16. The van der Waals surface area contributed by atoms with Gasteiger partial charge in [0.1, 0.15) is 11.9 Å². The van der Waals surface area contributed by atoms with E-state index in [9.17, 15) is 14.4 Å². The van der Waals surface area contributed by atoms with Crippen LogP contribution < -0.4 is 16.0 Å². The fraction of sp³-hybridized carbons (Fsp3) is 0.312. The Kier molecular flexibility index (Phi) is 3.68. The summed E-state index contributed by atoms with van der Waals surface area (Å²) in [6, 6.07) is 5.71. The molecule has 128 valence electrons. The Bertz CT molecular complexity index is 857. The second-order valence-electron chi connectivity index (χ2n) is 6.13. The van der Waals surface area contributed by atoms with Crippen LogP contribution in [0.4, 0.5) is 11.6 Å². The third-order valence-electron chi connectivity index (χ3n) is 4.16. The summed E-state index contributed by atoms with van der Waals surface area (Å²) in [5.74, 6) is 0.0286. The van der Waals surface area contributed by atoms with Crippen LogP contribution in [0.3, 0.4) is 0 Å². The number of aromatic amines is 1. The number of nitrogens with zero attached hydrogens (tertiary/aromatic N) is 2. The predicted octanol–water partition coefficient (Wildman–Crippen LogP) is 0.761. The Morgan fingerprint density at radius 3 is 2.84 bits per heavy atom. The Hall–Kier alpha value is -3.23. The van der Waals surface area contributed by atoms with E-state index in [4.69, 9.17) is 0 Å². The van der Waals surface area contributed by atoms with Crippen molar-refractivity contribution in [2.45, 2.75) is 31.2 Å². The van der Waals surface area contributed by atoms with E-state index in [1.54, 1.807) is 24.3 Å². The first-order valence-corrected chi connectivity index (χ1v) is 8.03. The van der Waals surface area contributed by atoms with Gasteiger partial charge in [-0.1, -0.05) is 12.1 Å². The molecule has 0 saturated heterocycles. The van der Waals surface area contributed by atoms with Crippen molar-refractivity contribution in [1.29, 1.82) is 0 Å². The molecule has 4 N–H and O–H groups in total. The summed E-state index contributed by atoms with van der Waals surface area (Å²) >= 11 is 0. The first kappa shape index (κ1) is 15.3. The van der Waals surface area contributed by atoms with Crippen molar-refractivity contribution in [3.05, 3.63) is 35.7 Å². The van der Waals surface area contributed by atoms with Crippen LogP contribution in [0.5, 0.6) is 0 Å². The van der Waals surface area contributed by atoms with Gasteiger partial charge in [-0.15, -0.1) is 5.10 Å². The molecule has 9 heteroatoms. The molecule has 1 fully saturated rings. The summed E-state index contributed by atoms with van der Waals surface area (Å²) < 4.78 is 0. The van der Waals surface area contributed by atoms with Crippen molar-refractivity contribution in [2.75, 3.05) is 10.6 Å². The van der Waals surface area contributed by atoms with Crippen molar-refractivity contribution < 1.29 is 14.4 Å². The molecule has 1 aromatic carbocycles. The van der Waals surface area contributed by atoms with Gasteiger partial charge in [-0.2, -0.15) is 4.98 Å². The van der Waals surface area contributed by atoms with Gasteiger partial charge < -0.3 is 10.6 Å². The number of rotatable bonds is 4. The van der Waals surface area contributed by atoms with Gasteiger partial charge in [-0.25, -0.2) is 0 Å². The van der Waals surface area contributed by atoms with E-state index in [1.165, 1.54) is 0 Å². The smallest absolute Gasteiger partial charge is 0.254 e. The summed E-state index contributed by atoms with van der Waals surface area (Å²) in [4.78, 5) is 40.9. The second-order valence-corrected chi connectivity index (χ2v) is 6.13. The molecule has 0 spiro atoms. The number of hydrogen-bond donors (Lipinski definition) is 4. The number of carbonyl (C=O) groups is 3. The lowest BCUT2D eigenvalue weighted by atomic mass is 10.1. The van der Waals surface area contributed by atoms with Crippen LogP contribution in [0.15, 0.2) is 24.3 Å². The standard InChI is InChI=1S/C16H16N6O3/c23-12(19-16-20-13(21-22-16)8-5-6-8)7-11-15(25)17-10-4-2-1-3-9(10)14(24)18-11/h1-4,8,11H,5-7H2,(H,17,25)(H,18,24)(H2,19,20,21,22,23)/t11-/m0/s1. The van der Waals surface area contributed by atoms with Crippen LogP contribution in [0.1, 0.15) is 41.4 Å². The zero-order valence-electron chi connectivity index (χ0n) is 13.2. The van der Waals surface area contributed by atoms with E-state index in [0.717, 1.165) is 18.7 Å². The molecule has 0 unspecified atom stereocenters. The monoisotopic (exact) mass is 340 g/mol. The molecule has 1 atom stereocenters. The van der Waals surface area contributed by atoms with Gasteiger partial charge in [-0.05, 0) is 25.0 Å². The largest absolute Gasteiger partial charge is 0.340 e. The number of H-pyrrole nitrogens is 1. The van der Waals surface area contributed by atoms with Gasteiger partial charge >= 0.3 is 0 Å². The van der Waals surface area contributed by atoms with Gasteiger partial charge in [0.15, 0.2) is 0 Å². The number of anilines is 2. The fourth-order valence-corrected chi connectivity index (χ4v) is 2.69. The van der Waals surface area contributed by atoms with Crippen LogP contribution >= 0.6 is 0 Å². The van der Waals surface area contributed by atoms with Crippen molar-refractivity contribution in [1.82, 2.24) is 20.5 Å². The first-order valence-electron chi connectivity index (χ1n) is 8.03. The molecule has 1 saturated carbocycles. The molecule has 1 aromatic heterocycles. The molecule has 1 aliphatic heterocycles. The Balaban J connectivity index is 1.42. The van der Waals surface area contributed by atoms with Gasteiger partial charge in [-0.3, -0.25) is 24.8 Å². The lowest BCUT2D eigenvalue weighted by molar-refractivity contribution is -0.122. The van der Waals surface area contributed by atoms with Gasteiger partial charge in [0.05, 0.1) is 17.7 Å². The molecule has 9 nitrogen and oxygen atoms in total. The summed E-state index contributed by atoms with van der Waals surface area (Å²) in [5.41, 5.74) is 0.790. The molecule has 2 heterocycles. The molecule has 0 radical (unpaired) electrons. The van der Waals surface area contributed by atoms with Crippen LogP contribution in [0, 0.1) is 0 Å². The zero-order chi connectivity index (χ0) is 17.4. The van der Waals surface area contributed by atoms with Crippen molar-refractivity contribution in [3.63, 3.8) is 0 Å². The molecular formula is C16H16N6O3. The minimum atomic E-state index is -0.971. The molecule has 2 aliphatic rings. The van der Waals surface area contributed by atoms with Crippen molar-refractivity contribution in [2.24, 2.45) is 0 Å². The fourth-order valence-electron chi connectivity index (χ4n) is 2.69. The lowest BCUT2D eigenvalue weighted by Crippen LogP contribution is -2.43. The van der Waals surface area contributed by atoms with E-state index in [2.05, 4.69) is 31.1 Å². The van der Waals surface area contributed by atoms with E-state index < -0.39 is 23.8 Å². The van der Waals surface area contributed by atoms with E-state index in [0.29, 0.717) is 17.2 Å². The minimum absolute atomic E-state index is 0.176. The second kappa shape index (κ2) is 6.00. The highest BCUT2D eigenvalue weighted by molar-refractivity contribution is 6.11. The molecule has 4 rings (SSSR count). The van der Waals surface area contributed by atoms with Gasteiger partial charge in [0.25, 0.3) is 5.91 Å². The first-order chi connectivity index (χ1) is 12.1. The number of para-hydroxylation sites is 1. The minimum Gasteiger partial charge on any atom is -0.340 e. The van der Waals surface area contributed by atoms with E-state index in [1.807, 2.05) is 0 Å². The van der Waals surface area contributed by atoms with Crippen LogP contribution in [0.25, 0.3) is 0 Å². The molecule has 1 aliphatic carbocycles. The molecule has 0 bridgehead atoms. The normalized spacial score (nSPS) is 19.4. The summed E-state index contributed by atoms with van der Waals surface area (Å²) in [6.45, 7) is 0. The van der Waals surface area contributed by atoms with E-state index in [-0.39, 0.29) is 12.4 Å². The molecule has 2 aromatic rings. The number of fused-ring (bicyclic) bond motifs is 1. The quantitative estimate of drug-likeness (QED) is 0.653. The maximum atomic E-state index is 12.3. The van der Waals surface area contributed by atoms with Crippen molar-refractivity contribution in [3.8, 4) is 0 Å². The molecular weight excluding hydrogens is 324 g/mol. The van der Waals surface area contributed by atoms with Crippen LogP contribution in [0.2, 0.25) is 0 Å². The SMILES string of the molecule is O=C(C[C@@H]1NC(=O)c2ccccc2NC1=O)Nc1n[nH]c(C2CC2)n1. The summed E-state index contributed by atoms with van der Waals surface area (Å²) in [6.07, 6.45) is 1.92. The predicted molar refractivity (Wildman–Crippen MR) is 87.9 cm³/mol. The average Bonchev–Trinajstić information content (AvgIpc) is 3.35. The van der Waals surface area contributed by atoms with Gasteiger partial charge in [0.2, 0.25) is 17.8 Å². The Morgan fingerprint density at radius 1 is 1.24 bits per heavy atom. The number of aromatic nitrogens is 3. The van der Waals surface area contributed by atoms with E-state index >= 15 is 0 Å². The maximum Gasteiger partial charge on any atom is 0.254 e. The molecule has 3 amide bonds. The third kappa shape index (κ3) is 3.21. The van der Waals surface area contributed by atoms with Crippen LogP contribution in [-0.2, 0) is 9.59 Å². The van der Waals surface area contributed by atoms with Crippen LogP contribution in [-0.4, -0.2) is 38.9 Å². The molecule has 25 heavy (non-hydrogen) atoms.